The van der Waals surface area contributed by atoms with Gasteiger partial charge in [0.25, 0.3) is 0 Å². The number of thioether (sulfide) groups is 1. The van der Waals surface area contributed by atoms with Crippen LogP contribution in [0.4, 0.5) is 5.69 Å². The van der Waals surface area contributed by atoms with E-state index in [1.54, 1.807) is 0 Å². The van der Waals surface area contributed by atoms with E-state index >= 15 is 0 Å². The molecule has 0 aliphatic carbocycles. The van der Waals surface area contributed by atoms with Crippen molar-refractivity contribution in [2.24, 2.45) is 0 Å². The lowest BCUT2D eigenvalue weighted by Gasteiger charge is -2.07. The molecule has 0 unspecified atom stereocenters. The summed E-state index contributed by atoms with van der Waals surface area (Å²) in [4.78, 5) is 1.35. The van der Waals surface area contributed by atoms with Crippen LogP contribution in [-0.2, 0) is 0 Å². The van der Waals surface area contributed by atoms with Crippen molar-refractivity contribution in [3.63, 3.8) is 0 Å². The SMILES string of the molecule is Cc1ccc(SCCNc2ccc(Br)cc2)cc1C. The topological polar surface area (TPSA) is 12.0 Å². The van der Waals surface area contributed by atoms with Gasteiger partial charge in [0.05, 0.1) is 0 Å². The molecule has 1 N–H and O–H groups in total. The van der Waals surface area contributed by atoms with E-state index in [0.29, 0.717) is 0 Å². The Balaban J connectivity index is 1.77. The fourth-order valence-corrected chi connectivity index (χ4v) is 2.86. The van der Waals surface area contributed by atoms with E-state index in [4.69, 9.17) is 0 Å². The molecule has 0 amide bonds. The van der Waals surface area contributed by atoms with Crippen LogP contribution in [0.25, 0.3) is 0 Å². The van der Waals surface area contributed by atoms with Crippen LogP contribution in [0.5, 0.6) is 0 Å². The number of nitrogens with one attached hydrogen (secondary N) is 1. The maximum Gasteiger partial charge on any atom is 0.0341 e. The molecule has 0 saturated heterocycles. The molecular weight excluding hydrogens is 318 g/mol. The summed E-state index contributed by atoms with van der Waals surface area (Å²) < 4.78 is 1.11. The first kappa shape index (κ1) is 14.5. The largest absolute Gasteiger partial charge is 0.384 e. The number of halogens is 1. The average Bonchev–Trinajstić information content (AvgIpc) is 2.41. The van der Waals surface area contributed by atoms with Crippen LogP contribution in [0.3, 0.4) is 0 Å². The molecule has 2 rings (SSSR count). The van der Waals surface area contributed by atoms with E-state index in [1.165, 1.54) is 21.7 Å². The molecule has 0 saturated carbocycles. The Morgan fingerprint density at radius 3 is 2.42 bits per heavy atom. The van der Waals surface area contributed by atoms with Gasteiger partial charge >= 0.3 is 0 Å². The number of anilines is 1. The van der Waals surface area contributed by atoms with Gasteiger partial charge < -0.3 is 5.32 Å². The van der Waals surface area contributed by atoms with Crippen molar-refractivity contribution in [3.05, 3.63) is 58.1 Å². The Hall–Kier alpha value is -0.930. The van der Waals surface area contributed by atoms with Crippen LogP contribution in [0.1, 0.15) is 11.1 Å². The maximum absolute atomic E-state index is 3.44. The van der Waals surface area contributed by atoms with E-state index in [9.17, 15) is 0 Å². The maximum atomic E-state index is 3.44. The van der Waals surface area contributed by atoms with Crippen LogP contribution < -0.4 is 5.32 Å². The van der Waals surface area contributed by atoms with E-state index in [-0.39, 0.29) is 0 Å². The van der Waals surface area contributed by atoms with Crippen LogP contribution in [-0.4, -0.2) is 12.3 Å². The van der Waals surface area contributed by atoms with Crippen molar-refractivity contribution in [2.45, 2.75) is 18.7 Å². The predicted octanol–water partition coefficient (Wildman–Crippen LogP) is 5.27. The van der Waals surface area contributed by atoms with Crippen molar-refractivity contribution in [1.29, 1.82) is 0 Å². The molecule has 100 valence electrons. The number of hydrogen-bond acceptors (Lipinski definition) is 2. The molecule has 2 aromatic carbocycles. The zero-order valence-corrected chi connectivity index (χ0v) is 13.6. The van der Waals surface area contributed by atoms with Crippen molar-refractivity contribution in [2.75, 3.05) is 17.6 Å². The molecule has 2 aromatic rings. The molecule has 19 heavy (non-hydrogen) atoms. The Morgan fingerprint density at radius 1 is 1.00 bits per heavy atom. The Morgan fingerprint density at radius 2 is 1.74 bits per heavy atom. The second-order valence-corrected chi connectivity index (χ2v) is 6.61. The van der Waals surface area contributed by atoms with Gasteiger partial charge in [-0.1, -0.05) is 22.0 Å². The van der Waals surface area contributed by atoms with Crippen LogP contribution in [0.2, 0.25) is 0 Å². The third-order valence-electron chi connectivity index (χ3n) is 3.02. The summed E-state index contributed by atoms with van der Waals surface area (Å²) in [5, 5.41) is 3.43. The third-order valence-corrected chi connectivity index (χ3v) is 4.55. The highest BCUT2D eigenvalue weighted by molar-refractivity contribution is 9.10. The van der Waals surface area contributed by atoms with Gasteiger partial charge in [-0.05, 0) is 61.4 Å². The molecule has 0 fully saturated rings. The fraction of sp³-hybridized carbons (Fsp3) is 0.250. The number of aryl methyl sites for hydroxylation is 2. The highest BCUT2D eigenvalue weighted by Gasteiger charge is 1.97. The molecule has 3 heteroatoms. The molecule has 1 nitrogen and oxygen atoms in total. The summed E-state index contributed by atoms with van der Waals surface area (Å²) >= 11 is 5.33. The van der Waals surface area contributed by atoms with Gasteiger partial charge in [-0.2, -0.15) is 0 Å². The minimum absolute atomic E-state index is 0.971. The fourth-order valence-electron chi connectivity index (χ4n) is 1.74. The van der Waals surface area contributed by atoms with Crippen LogP contribution >= 0.6 is 27.7 Å². The molecule has 0 atom stereocenters. The van der Waals surface area contributed by atoms with E-state index in [0.717, 1.165) is 16.8 Å². The standard InChI is InChI=1S/C16H18BrNS/c1-12-3-8-16(11-13(12)2)19-10-9-18-15-6-4-14(17)5-7-15/h3-8,11,18H,9-10H2,1-2H3. The summed E-state index contributed by atoms with van der Waals surface area (Å²) in [6.07, 6.45) is 0. The van der Waals surface area contributed by atoms with Gasteiger partial charge in [0.15, 0.2) is 0 Å². The molecule has 0 spiro atoms. The van der Waals surface area contributed by atoms with Crippen molar-refractivity contribution in [1.82, 2.24) is 0 Å². The van der Waals surface area contributed by atoms with Gasteiger partial charge in [0.2, 0.25) is 0 Å². The minimum atomic E-state index is 0.971. The molecule has 0 aliphatic rings. The number of hydrogen-bond donors (Lipinski definition) is 1. The van der Waals surface area contributed by atoms with E-state index in [1.807, 2.05) is 11.8 Å². The lowest BCUT2D eigenvalue weighted by Crippen LogP contribution is -2.03. The van der Waals surface area contributed by atoms with Crippen molar-refractivity contribution < 1.29 is 0 Å². The summed E-state index contributed by atoms with van der Waals surface area (Å²) in [5.74, 6) is 1.07. The number of rotatable bonds is 5. The minimum Gasteiger partial charge on any atom is -0.384 e. The summed E-state index contributed by atoms with van der Waals surface area (Å²) in [6, 6.07) is 14.9. The summed E-state index contributed by atoms with van der Waals surface area (Å²) in [6.45, 7) is 5.29. The zero-order valence-electron chi connectivity index (χ0n) is 11.2. The van der Waals surface area contributed by atoms with Crippen molar-refractivity contribution >= 4 is 33.4 Å². The smallest absolute Gasteiger partial charge is 0.0341 e. The normalized spacial score (nSPS) is 10.5. The Kier molecular flexibility index (Phi) is 5.34. The molecular formula is C16H18BrNS. The predicted molar refractivity (Wildman–Crippen MR) is 89.3 cm³/mol. The average molecular weight is 336 g/mol. The lowest BCUT2D eigenvalue weighted by molar-refractivity contribution is 1.22. The summed E-state index contributed by atoms with van der Waals surface area (Å²) in [5.41, 5.74) is 3.90. The Labute approximate surface area is 127 Å². The molecule has 0 radical (unpaired) electrons. The zero-order chi connectivity index (χ0) is 13.7. The van der Waals surface area contributed by atoms with Gasteiger partial charge in [0, 0.05) is 27.4 Å². The Bertz CT molecular complexity index is 537. The lowest BCUT2D eigenvalue weighted by atomic mass is 10.1. The second kappa shape index (κ2) is 7.01. The first-order chi connectivity index (χ1) is 9.15. The first-order valence-corrected chi connectivity index (χ1v) is 8.12. The summed E-state index contributed by atoms with van der Waals surface area (Å²) in [7, 11) is 0. The third kappa shape index (κ3) is 4.59. The quantitative estimate of drug-likeness (QED) is 0.590. The highest BCUT2D eigenvalue weighted by atomic mass is 79.9. The van der Waals surface area contributed by atoms with Gasteiger partial charge in [0.1, 0.15) is 0 Å². The van der Waals surface area contributed by atoms with Crippen molar-refractivity contribution in [3.8, 4) is 0 Å². The molecule has 0 bridgehead atoms. The van der Waals surface area contributed by atoms with Crippen LogP contribution in [0, 0.1) is 13.8 Å². The monoisotopic (exact) mass is 335 g/mol. The second-order valence-electron chi connectivity index (χ2n) is 4.53. The van der Waals surface area contributed by atoms with Gasteiger partial charge in [-0.25, -0.2) is 0 Å². The van der Waals surface area contributed by atoms with Crippen LogP contribution in [0.15, 0.2) is 51.8 Å². The van der Waals surface area contributed by atoms with Gasteiger partial charge in [-0.3, -0.25) is 0 Å². The van der Waals surface area contributed by atoms with Gasteiger partial charge in [-0.15, -0.1) is 11.8 Å². The molecule has 0 heterocycles. The molecule has 0 aromatic heterocycles. The van der Waals surface area contributed by atoms with E-state index in [2.05, 4.69) is 77.6 Å². The first-order valence-electron chi connectivity index (χ1n) is 6.34. The van der Waals surface area contributed by atoms with E-state index < -0.39 is 0 Å². The molecule has 0 aliphatic heterocycles. The number of benzene rings is 2. The highest BCUT2D eigenvalue weighted by Crippen LogP contribution is 2.21.